The summed E-state index contributed by atoms with van der Waals surface area (Å²) in [6, 6.07) is 0. The van der Waals surface area contributed by atoms with Crippen molar-refractivity contribution in [1.29, 1.82) is 0 Å². The Labute approximate surface area is 126 Å². The van der Waals surface area contributed by atoms with Crippen molar-refractivity contribution < 1.29 is 8.42 Å². The van der Waals surface area contributed by atoms with Gasteiger partial charge in [-0.1, -0.05) is 13.3 Å². The summed E-state index contributed by atoms with van der Waals surface area (Å²) in [5.74, 6) is 2.58. The number of aliphatic imine (C=N–C) groups is 1. The summed E-state index contributed by atoms with van der Waals surface area (Å²) in [5.41, 5.74) is 0. The minimum absolute atomic E-state index is 0.117. The van der Waals surface area contributed by atoms with Crippen molar-refractivity contribution in [1.82, 2.24) is 14.9 Å². The highest BCUT2D eigenvalue weighted by Gasteiger charge is 2.23. The first kappa shape index (κ1) is 17.6. The van der Waals surface area contributed by atoms with Crippen molar-refractivity contribution in [2.45, 2.75) is 19.8 Å². The van der Waals surface area contributed by atoms with Crippen molar-refractivity contribution >= 4 is 27.7 Å². The van der Waals surface area contributed by atoms with Crippen molar-refractivity contribution in [3.8, 4) is 0 Å². The fraction of sp³-hybridized carbons (Fsp3) is 0.917. The Bertz CT molecular complexity index is 392. The second-order valence-corrected chi connectivity index (χ2v) is 7.92. The van der Waals surface area contributed by atoms with Gasteiger partial charge in [0.05, 0.1) is 5.75 Å². The topological polar surface area (TPSA) is 73.8 Å². The Morgan fingerprint density at radius 2 is 1.90 bits per heavy atom. The van der Waals surface area contributed by atoms with E-state index in [-0.39, 0.29) is 5.75 Å². The molecule has 0 radical (unpaired) electrons. The Morgan fingerprint density at radius 3 is 2.50 bits per heavy atom. The van der Waals surface area contributed by atoms with E-state index in [1.807, 2.05) is 11.8 Å². The van der Waals surface area contributed by atoms with Crippen LogP contribution in [0.4, 0.5) is 0 Å². The molecule has 118 valence electrons. The van der Waals surface area contributed by atoms with E-state index in [2.05, 4.69) is 22.5 Å². The van der Waals surface area contributed by atoms with Gasteiger partial charge in [-0.25, -0.2) is 12.7 Å². The van der Waals surface area contributed by atoms with Crippen LogP contribution >= 0.6 is 11.8 Å². The molecule has 1 fully saturated rings. The highest BCUT2D eigenvalue weighted by molar-refractivity contribution is 7.99. The maximum absolute atomic E-state index is 12.1. The lowest BCUT2D eigenvalue weighted by atomic mass is 10.3. The summed E-state index contributed by atoms with van der Waals surface area (Å²) >= 11 is 1.81. The van der Waals surface area contributed by atoms with Crippen LogP contribution in [0.5, 0.6) is 0 Å². The number of nitrogens with one attached hydrogen (secondary N) is 2. The maximum Gasteiger partial charge on any atom is 0.215 e. The number of rotatable bonds is 7. The molecule has 0 amide bonds. The molecule has 0 aromatic carbocycles. The van der Waals surface area contributed by atoms with E-state index in [1.54, 1.807) is 11.4 Å². The number of sulfonamides is 1. The van der Waals surface area contributed by atoms with Gasteiger partial charge in [-0.2, -0.15) is 11.8 Å². The lowest BCUT2D eigenvalue weighted by Crippen LogP contribution is -2.44. The van der Waals surface area contributed by atoms with E-state index in [1.165, 1.54) is 0 Å². The molecule has 20 heavy (non-hydrogen) atoms. The van der Waals surface area contributed by atoms with Crippen molar-refractivity contribution in [3.05, 3.63) is 0 Å². The van der Waals surface area contributed by atoms with Gasteiger partial charge in [0.2, 0.25) is 10.0 Å². The molecule has 0 unspecified atom stereocenters. The second kappa shape index (κ2) is 9.46. The highest BCUT2D eigenvalue weighted by atomic mass is 32.2. The van der Waals surface area contributed by atoms with Crippen LogP contribution in [-0.2, 0) is 10.0 Å². The number of guanidine groups is 1. The summed E-state index contributed by atoms with van der Waals surface area (Å²) in [4.78, 5) is 4.07. The zero-order valence-corrected chi connectivity index (χ0v) is 14.0. The molecule has 0 aliphatic carbocycles. The van der Waals surface area contributed by atoms with Gasteiger partial charge in [-0.15, -0.1) is 0 Å². The Kier molecular flexibility index (Phi) is 8.32. The van der Waals surface area contributed by atoms with Gasteiger partial charge in [-0.05, 0) is 6.42 Å². The van der Waals surface area contributed by atoms with Crippen LogP contribution in [0.25, 0.3) is 0 Å². The summed E-state index contributed by atoms with van der Waals surface area (Å²) in [7, 11) is -1.45. The molecule has 0 atom stereocenters. The number of nitrogens with zero attached hydrogens (tertiary/aromatic N) is 2. The zero-order chi connectivity index (χ0) is 14.8. The van der Waals surface area contributed by atoms with Crippen molar-refractivity contribution in [3.63, 3.8) is 0 Å². The first-order valence-corrected chi connectivity index (χ1v) is 9.86. The molecule has 0 saturated carbocycles. The molecule has 8 heteroatoms. The largest absolute Gasteiger partial charge is 0.356 e. The molecular weight excluding hydrogens is 296 g/mol. The van der Waals surface area contributed by atoms with Gasteiger partial charge in [-0.3, -0.25) is 4.99 Å². The van der Waals surface area contributed by atoms with Crippen LogP contribution < -0.4 is 10.6 Å². The number of hydrogen-bond acceptors (Lipinski definition) is 4. The molecule has 2 N–H and O–H groups in total. The van der Waals surface area contributed by atoms with Gasteiger partial charge in [0.25, 0.3) is 0 Å². The van der Waals surface area contributed by atoms with Crippen LogP contribution in [0, 0.1) is 0 Å². The smallest absolute Gasteiger partial charge is 0.215 e. The van der Waals surface area contributed by atoms with Gasteiger partial charge < -0.3 is 10.6 Å². The van der Waals surface area contributed by atoms with E-state index in [4.69, 9.17) is 0 Å². The van der Waals surface area contributed by atoms with E-state index in [0.717, 1.165) is 30.9 Å². The third-order valence-electron chi connectivity index (χ3n) is 3.06. The monoisotopic (exact) mass is 322 g/mol. The first-order valence-electron chi connectivity index (χ1n) is 7.10. The van der Waals surface area contributed by atoms with E-state index in [9.17, 15) is 8.42 Å². The first-order chi connectivity index (χ1) is 9.60. The number of unbranched alkanes of at least 4 members (excludes halogenated alkanes) is 1. The van der Waals surface area contributed by atoms with Crippen molar-refractivity contribution in [2.75, 3.05) is 50.5 Å². The van der Waals surface area contributed by atoms with Gasteiger partial charge in [0.15, 0.2) is 5.96 Å². The van der Waals surface area contributed by atoms with E-state index >= 15 is 0 Å². The van der Waals surface area contributed by atoms with Crippen LogP contribution in [0.15, 0.2) is 4.99 Å². The average Bonchev–Trinajstić information content (AvgIpc) is 2.46. The van der Waals surface area contributed by atoms with Crippen LogP contribution in [0.1, 0.15) is 19.8 Å². The van der Waals surface area contributed by atoms with Crippen LogP contribution in [0.3, 0.4) is 0 Å². The molecule has 0 spiro atoms. The fourth-order valence-corrected chi connectivity index (χ4v) is 4.35. The Morgan fingerprint density at radius 1 is 1.25 bits per heavy atom. The lowest BCUT2D eigenvalue weighted by Gasteiger charge is -2.25. The second-order valence-electron chi connectivity index (χ2n) is 4.61. The molecule has 0 aromatic rings. The van der Waals surface area contributed by atoms with E-state index in [0.29, 0.717) is 25.6 Å². The normalized spacial score (nSPS) is 18.0. The predicted molar refractivity (Wildman–Crippen MR) is 87.0 cm³/mol. The predicted octanol–water partition coefficient (Wildman–Crippen LogP) is 0.330. The standard InChI is InChI=1S/C12H26N4O2S2/c1-3-4-5-14-12(13-2)15-6-11-20(17,18)16-7-9-19-10-8-16/h3-11H2,1-2H3,(H2,13,14,15). The summed E-state index contributed by atoms with van der Waals surface area (Å²) in [6.45, 7) is 4.64. The molecule has 0 aromatic heterocycles. The number of thioether (sulfide) groups is 1. The summed E-state index contributed by atoms with van der Waals surface area (Å²) < 4.78 is 25.9. The lowest BCUT2D eigenvalue weighted by molar-refractivity contribution is 0.443. The molecule has 1 rings (SSSR count). The van der Waals surface area contributed by atoms with Gasteiger partial charge >= 0.3 is 0 Å². The summed E-state index contributed by atoms with van der Waals surface area (Å²) in [6.07, 6.45) is 2.19. The Hall–Kier alpha value is -0.470. The SMILES string of the molecule is CCCCNC(=NC)NCCS(=O)(=O)N1CCSCC1. The fourth-order valence-electron chi connectivity index (χ4n) is 1.86. The highest BCUT2D eigenvalue weighted by Crippen LogP contribution is 2.12. The van der Waals surface area contributed by atoms with Crippen LogP contribution in [-0.4, -0.2) is 69.2 Å². The minimum Gasteiger partial charge on any atom is -0.356 e. The van der Waals surface area contributed by atoms with Crippen LogP contribution in [0.2, 0.25) is 0 Å². The average molecular weight is 323 g/mol. The molecular formula is C12H26N4O2S2. The molecule has 1 heterocycles. The number of hydrogen-bond donors (Lipinski definition) is 2. The molecule has 0 bridgehead atoms. The molecule has 1 saturated heterocycles. The Balaban J connectivity index is 2.30. The van der Waals surface area contributed by atoms with Gasteiger partial charge in [0.1, 0.15) is 0 Å². The quantitative estimate of drug-likeness (QED) is 0.401. The third kappa shape index (κ3) is 6.32. The minimum atomic E-state index is -3.14. The van der Waals surface area contributed by atoms with Gasteiger partial charge in [0, 0.05) is 44.7 Å². The molecule has 1 aliphatic rings. The molecule has 6 nitrogen and oxygen atoms in total. The molecule has 1 aliphatic heterocycles. The third-order valence-corrected chi connectivity index (χ3v) is 5.88. The van der Waals surface area contributed by atoms with Crippen molar-refractivity contribution in [2.24, 2.45) is 4.99 Å². The summed E-state index contributed by atoms with van der Waals surface area (Å²) in [5, 5.41) is 6.21. The van der Waals surface area contributed by atoms with E-state index < -0.39 is 10.0 Å². The zero-order valence-electron chi connectivity index (χ0n) is 12.4. The maximum atomic E-state index is 12.1.